The molecule has 20 heavy (non-hydrogen) atoms. The number of halogens is 3. The van der Waals surface area contributed by atoms with E-state index in [4.69, 9.17) is 4.74 Å². The van der Waals surface area contributed by atoms with Crippen molar-refractivity contribution in [3.8, 4) is 11.5 Å². The van der Waals surface area contributed by atoms with Gasteiger partial charge in [-0.25, -0.2) is 0 Å². The van der Waals surface area contributed by atoms with Crippen molar-refractivity contribution < 1.29 is 22.7 Å². The van der Waals surface area contributed by atoms with Gasteiger partial charge in [0.15, 0.2) is 0 Å². The molecule has 0 saturated heterocycles. The average Bonchev–Trinajstić information content (AvgIpc) is 2.40. The summed E-state index contributed by atoms with van der Waals surface area (Å²) in [5, 5.41) is 0. The topological polar surface area (TPSA) is 26.3 Å². The van der Waals surface area contributed by atoms with E-state index in [0.717, 1.165) is 6.07 Å². The molecule has 104 valence electrons. The molecule has 2 nitrogen and oxygen atoms in total. The Hall–Kier alpha value is -2.30. The van der Waals surface area contributed by atoms with Gasteiger partial charge in [-0.2, -0.15) is 13.2 Å². The molecule has 0 aliphatic carbocycles. The van der Waals surface area contributed by atoms with Crippen LogP contribution in [0.2, 0.25) is 0 Å². The molecule has 0 fully saturated rings. The quantitative estimate of drug-likeness (QED) is 0.767. The highest BCUT2D eigenvalue weighted by Crippen LogP contribution is 2.35. The molecule has 2 aromatic rings. The molecule has 0 unspecified atom stereocenters. The Kier molecular flexibility index (Phi) is 3.79. The molecule has 2 aromatic carbocycles. The molecule has 0 radical (unpaired) electrons. The fourth-order valence-corrected chi connectivity index (χ4v) is 1.72. The second-order valence-electron chi connectivity index (χ2n) is 4.26. The molecule has 0 aliphatic heterocycles. The zero-order valence-electron chi connectivity index (χ0n) is 10.6. The largest absolute Gasteiger partial charge is 0.457 e. The molecule has 0 N–H and O–H groups in total. The van der Waals surface area contributed by atoms with Gasteiger partial charge in [0, 0.05) is 5.56 Å². The van der Waals surface area contributed by atoms with Crippen LogP contribution in [-0.4, -0.2) is 6.29 Å². The molecule has 0 aliphatic rings. The van der Waals surface area contributed by atoms with E-state index in [0.29, 0.717) is 17.6 Å². The number of aldehydes is 1. The van der Waals surface area contributed by atoms with Crippen molar-refractivity contribution in [2.45, 2.75) is 13.1 Å². The maximum Gasteiger partial charge on any atom is 0.416 e. The number of ether oxygens (including phenoxy) is 1. The first kappa shape index (κ1) is 14.1. The van der Waals surface area contributed by atoms with Gasteiger partial charge < -0.3 is 4.74 Å². The lowest BCUT2D eigenvalue weighted by Crippen LogP contribution is -2.07. The molecular formula is C15H11F3O2. The first-order chi connectivity index (χ1) is 9.40. The molecule has 0 spiro atoms. The van der Waals surface area contributed by atoms with Gasteiger partial charge in [0.2, 0.25) is 0 Å². The fourth-order valence-electron chi connectivity index (χ4n) is 1.72. The molecule has 0 bridgehead atoms. The Labute approximate surface area is 113 Å². The summed E-state index contributed by atoms with van der Waals surface area (Å²) in [6.07, 6.45) is -3.73. The molecule has 0 atom stereocenters. The average molecular weight is 280 g/mol. The van der Waals surface area contributed by atoms with Gasteiger partial charge in [-0.1, -0.05) is 6.07 Å². The summed E-state index contributed by atoms with van der Waals surface area (Å²) in [6, 6.07) is 9.90. The highest BCUT2D eigenvalue weighted by atomic mass is 19.4. The minimum atomic E-state index is -4.41. The van der Waals surface area contributed by atoms with Crippen LogP contribution >= 0.6 is 0 Å². The van der Waals surface area contributed by atoms with Crippen molar-refractivity contribution >= 4 is 6.29 Å². The summed E-state index contributed by atoms with van der Waals surface area (Å²) < 4.78 is 43.7. The van der Waals surface area contributed by atoms with E-state index in [9.17, 15) is 18.0 Å². The van der Waals surface area contributed by atoms with Crippen LogP contribution in [0.4, 0.5) is 13.2 Å². The molecule has 0 saturated carbocycles. The van der Waals surface area contributed by atoms with Gasteiger partial charge in [0.25, 0.3) is 0 Å². The van der Waals surface area contributed by atoms with Crippen molar-refractivity contribution in [1.82, 2.24) is 0 Å². The van der Waals surface area contributed by atoms with E-state index in [1.165, 1.54) is 43.3 Å². The molecule has 5 heteroatoms. The Bertz CT molecular complexity index is 616. The van der Waals surface area contributed by atoms with Crippen LogP contribution in [0.25, 0.3) is 0 Å². The van der Waals surface area contributed by atoms with Gasteiger partial charge in [-0.15, -0.1) is 0 Å². The minimum Gasteiger partial charge on any atom is -0.457 e. The van der Waals surface area contributed by atoms with Gasteiger partial charge in [-0.3, -0.25) is 4.79 Å². The van der Waals surface area contributed by atoms with Gasteiger partial charge in [-0.05, 0) is 48.9 Å². The first-order valence-corrected chi connectivity index (χ1v) is 5.81. The highest BCUT2D eigenvalue weighted by Gasteiger charge is 2.32. The van der Waals surface area contributed by atoms with Crippen molar-refractivity contribution in [2.75, 3.05) is 0 Å². The lowest BCUT2D eigenvalue weighted by atomic mass is 10.1. The normalized spacial score (nSPS) is 11.2. The summed E-state index contributed by atoms with van der Waals surface area (Å²) in [5.41, 5.74) is -0.113. The predicted molar refractivity (Wildman–Crippen MR) is 68.1 cm³/mol. The fraction of sp³-hybridized carbons (Fsp3) is 0.133. The van der Waals surface area contributed by atoms with E-state index in [2.05, 4.69) is 0 Å². The number of hydrogen-bond donors (Lipinski definition) is 0. The number of carbonyl (C=O) groups excluding carboxylic acids is 1. The molecule has 2 rings (SSSR count). The van der Waals surface area contributed by atoms with E-state index in [1.54, 1.807) is 0 Å². The molecule has 0 aromatic heterocycles. The zero-order chi connectivity index (χ0) is 14.8. The van der Waals surface area contributed by atoms with E-state index < -0.39 is 11.7 Å². The maximum atomic E-state index is 12.8. The van der Waals surface area contributed by atoms with Crippen molar-refractivity contribution in [1.29, 1.82) is 0 Å². The first-order valence-electron chi connectivity index (χ1n) is 5.81. The van der Waals surface area contributed by atoms with E-state index >= 15 is 0 Å². The smallest absolute Gasteiger partial charge is 0.416 e. The maximum absolute atomic E-state index is 12.8. The lowest BCUT2D eigenvalue weighted by Gasteiger charge is -2.12. The second kappa shape index (κ2) is 5.36. The van der Waals surface area contributed by atoms with Crippen LogP contribution in [-0.2, 0) is 6.18 Å². The molecular weight excluding hydrogens is 269 g/mol. The third kappa shape index (κ3) is 3.17. The number of alkyl halides is 3. The van der Waals surface area contributed by atoms with Crippen molar-refractivity contribution in [3.63, 3.8) is 0 Å². The van der Waals surface area contributed by atoms with Gasteiger partial charge in [0.1, 0.15) is 17.8 Å². The van der Waals surface area contributed by atoms with Crippen molar-refractivity contribution in [3.05, 3.63) is 59.2 Å². The Balaban J connectivity index is 2.27. The monoisotopic (exact) mass is 280 g/mol. The predicted octanol–water partition coefficient (Wildman–Crippen LogP) is 4.62. The highest BCUT2D eigenvalue weighted by molar-refractivity contribution is 5.74. The third-order valence-electron chi connectivity index (χ3n) is 2.77. The third-order valence-corrected chi connectivity index (χ3v) is 2.77. The van der Waals surface area contributed by atoms with Crippen LogP contribution in [0.5, 0.6) is 11.5 Å². The summed E-state index contributed by atoms with van der Waals surface area (Å²) >= 11 is 0. The molecule has 0 amide bonds. The number of aryl methyl sites for hydroxylation is 1. The lowest BCUT2D eigenvalue weighted by molar-refractivity contribution is -0.138. The minimum absolute atomic E-state index is 0.0989. The Morgan fingerprint density at radius 3 is 2.15 bits per heavy atom. The van der Waals surface area contributed by atoms with Crippen LogP contribution in [0.15, 0.2) is 42.5 Å². The van der Waals surface area contributed by atoms with Gasteiger partial charge >= 0.3 is 6.18 Å². The van der Waals surface area contributed by atoms with E-state index in [-0.39, 0.29) is 11.3 Å². The van der Waals surface area contributed by atoms with Crippen LogP contribution in [0.1, 0.15) is 21.5 Å². The standard InChI is InChI=1S/C15H11F3O2/c1-10-2-5-13(8-14(10)15(16,17)18)20-12-6-3-11(9-19)4-7-12/h2-9H,1H3. The number of hydrogen-bond acceptors (Lipinski definition) is 2. The zero-order valence-corrected chi connectivity index (χ0v) is 10.6. The van der Waals surface area contributed by atoms with Crippen LogP contribution in [0, 0.1) is 6.92 Å². The summed E-state index contributed by atoms with van der Waals surface area (Å²) in [5.74, 6) is 0.467. The van der Waals surface area contributed by atoms with Gasteiger partial charge in [0.05, 0.1) is 5.56 Å². The SMILES string of the molecule is Cc1ccc(Oc2ccc(C=O)cc2)cc1C(F)(F)F. The number of rotatable bonds is 3. The Morgan fingerprint density at radius 2 is 1.60 bits per heavy atom. The van der Waals surface area contributed by atoms with Crippen molar-refractivity contribution in [2.24, 2.45) is 0 Å². The van der Waals surface area contributed by atoms with Crippen LogP contribution in [0.3, 0.4) is 0 Å². The summed E-state index contributed by atoms with van der Waals surface area (Å²) in [4.78, 5) is 10.5. The number of carbonyl (C=O) groups is 1. The summed E-state index contributed by atoms with van der Waals surface area (Å²) in [7, 11) is 0. The van der Waals surface area contributed by atoms with E-state index in [1.807, 2.05) is 0 Å². The van der Waals surface area contributed by atoms with Crippen LogP contribution < -0.4 is 4.74 Å². The Morgan fingerprint density at radius 1 is 1.00 bits per heavy atom. The second-order valence-corrected chi connectivity index (χ2v) is 4.26. The number of benzene rings is 2. The summed E-state index contributed by atoms with van der Waals surface area (Å²) in [6.45, 7) is 1.39. The molecule has 0 heterocycles.